The van der Waals surface area contributed by atoms with Gasteiger partial charge < -0.3 is 5.11 Å². The van der Waals surface area contributed by atoms with Crippen molar-refractivity contribution in [1.29, 1.82) is 0 Å². The van der Waals surface area contributed by atoms with Crippen LogP contribution >= 0.6 is 11.6 Å². The smallest absolute Gasteiger partial charge is 0.0850 e. The second-order valence-corrected chi connectivity index (χ2v) is 6.52. The van der Waals surface area contributed by atoms with Gasteiger partial charge in [0.15, 0.2) is 0 Å². The summed E-state index contributed by atoms with van der Waals surface area (Å²) >= 11 is 6.36. The molecule has 0 radical (unpaired) electrons. The van der Waals surface area contributed by atoms with E-state index in [1.807, 2.05) is 11.7 Å². The van der Waals surface area contributed by atoms with Gasteiger partial charge in [-0.3, -0.25) is 4.68 Å². The third-order valence-electron chi connectivity index (χ3n) is 4.92. The Morgan fingerprint density at radius 1 is 1.30 bits per heavy atom. The summed E-state index contributed by atoms with van der Waals surface area (Å²) in [5.41, 5.74) is 1.92. The Hall–Kier alpha value is -0.540. The van der Waals surface area contributed by atoms with Crippen molar-refractivity contribution in [2.45, 2.75) is 64.9 Å². The summed E-state index contributed by atoms with van der Waals surface area (Å²) in [4.78, 5) is 0. The van der Waals surface area contributed by atoms with E-state index in [1.54, 1.807) is 0 Å². The van der Waals surface area contributed by atoms with Crippen molar-refractivity contribution in [3.8, 4) is 0 Å². The van der Waals surface area contributed by atoms with Gasteiger partial charge in [0.25, 0.3) is 0 Å². The van der Waals surface area contributed by atoms with E-state index in [2.05, 4.69) is 18.9 Å². The van der Waals surface area contributed by atoms with E-state index < -0.39 is 0 Å². The standard InChI is InChI=1S/C16H27ClN2O/c1-4-11-6-8-12(9-7-11)15(20)10-14-16(17)13(5-2)18-19(14)3/h11-12,15,20H,4-10H2,1-3H3. The fraction of sp³-hybridized carbons (Fsp3) is 0.812. The van der Waals surface area contributed by atoms with Gasteiger partial charge in [0.05, 0.1) is 22.5 Å². The van der Waals surface area contributed by atoms with Gasteiger partial charge in [0.2, 0.25) is 0 Å². The second-order valence-electron chi connectivity index (χ2n) is 6.15. The third-order valence-corrected chi connectivity index (χ3v) is 5.35. The van der Waals surface area contributed by atoms with Gasteiger partial charge in [-0.1, -0.05) is 44.7 Å². The highest BCUT2D eigenvalue weighted by Gasteiger charge is 2.27. The zero-order chi connectivity index (χ0) is 14.7. The SMILES string of the molecule is CCc1nn(C)c(CC(O)C2CCC(CC)CC2)c1Cl. The molecular formula is C16H27ClN2O. The normalized spacial score (nSPS) is 24.9. The van der Waals surface area contributed by atoms with E-state index in [0.29, 0.717) is 12.3 Å². The van der Waals surface area contributed by atoms with E-state index in [4.69, 9.17) is 11.6 Å². The van der Waals surface area contributed by atoms with Crippen LogP contribution in [0.1, 0.15) is 57.3 Å². The van der Waals surface area contributed by atoms with E-state index >= 15 is 0 Å². The first-order valence-electron chi connectivity index (χ1n) is 7.95. The van der Waals surface area contributed by atoms with Crippen LogP contribution in [-0.2, 0) is 19.9 Å². The molecule has 1 aromatic rings. The number of aliphatic hydroxyl groups excluding tert-OH is 1. The molecule has 1 saturated carbocycles. The van der Waals surface area contributed by atoms with Crippen molar-refractivity contribution < 1.29 is 5.11 Å². The van der Waals surface area contributed by atoms with E-state index in [1.165, 1.54) is 19.3 Å². The lowest BCUT2D eigenvalue weighted by Gasteiger charge is -2.31. The average Bonchev–Trinajstić information content (AvgIpc) is 2.74. The number of aryl methyl sites for hydroxylation is 2. The van der Waals surface area contributed by atoms with Crippen LogP contribution in [0.5, 0.6) is 0 Å². The molecule has 0 spiro atoms. The summed E-state index contributed by atoms with van der Waals surface area (Å²) in [7, 11) is 1.92. The average molecular weight is 299 g/mol. The van der Waals surface area contributed by atoms with Crippen LogP contribution in [0, 0.1) is 11.8 Å². The van der Waals surface area contributed by atoms with Crippen LogP contribution in [-0.4, -0.2) is 21.0 Å². The molecule has 1 unspecified atom stereocenters. The summed E-state index contributed by atoms with van der Waals surface area (Å²) in [6.45, 7) is 4.32. The lowest BCUT2D eigenvalue weighted by molar-refractivity contribution is 0.0720. The Morgan fingerprint density at radius 3 is 2.45 bits per heavy atom. The Labute approximate surface area is 127 Å². The van der Waals surface area contributed by atoms with Crippen molar-refractivity contribution in [1.82, 2.24) is 9.78 Å². The molecule has 1 N–H and O–H groups in total. The highest BCUT2D eigenvalue weighted by Crippen LogP contribution is 2.34. The largest absolute Gasteiger partial charge is 0.392 e. The Morgan fingerprint density at radius 2 is 1.95 bits per heavy atom. The number of aliphatic hydroxyl groups is 1. The molecule has 1 aromatic heterocycles. The maximum atomic E-state index is 10.5. The maximum absolute atomic E-state index is 10.5. The van der Waals surface area contributed by atoms with Gasteiger partial charge in [-0.05, 0) is 31.1 Å². The quantitative estimate of drug-likeness (QED) is 0.899. The Kier molecular flexibility index (Phi) is 5.50. The molecule has 1 aliphatic carbocycles. The molecule has 1 atom stereocenters. The molecule has 0 saturated heterocycles. The molecule has 3 nitrogen and oxygen atoms in total. The first-order valence-corrected chi connectivity index (χ1v) is 8.32. The monoisotopic (exact) mass is 298 g/mol. The van der Waals surface area contributed by atoms with Gasteiger partial charge in [-0.25, -0.2) is 0 Å². The summed E-state index contributed by atoms with van der Waals surface area (Å²) in [6.07, 6.45) is 7.27. The Balaban J connectivity index is 1.98. The first kappa shape index (κ1) is 15.8. The molecule has 114 valence electrons. The minimum Gasteiger partial charge on any atom is -0.392 e. The minimum atomic E-state index is -0.287. The highest BCUT2D eigenvalue weighted by atomic mass is 35.5. The summed E-state index contributed by atoms with van der Waals surface area (Å²) in [6, 6.07) is 0. The topological polar surface area (TPSA) is 38.0 Å². The lowest BCUT2D eigenvalue weighted by Crippen LogP contribution is -2.28. The van der Waals surface area contributed by atoms with Crippen molar-refractivity contribution >= 4 is 11.6 Å². The predicted octanol–water partition coefficient (Wildman–Crippen LogP) is 3.76. The van der Waals surface area contributed by atoms with Crippen molar-refractivity contribution in [2.75, 3.05) is 0 Å². The van der Waals surface area contributed by atoms with E-state index in [0.717, 1.165) is 41.6 Å². The number of halogens is 1. The van der Waals surface area contributed by atoms with Gasteiger partial charge in [-0.2, -0.15) is 5.10 Å². The molecule has 1 fully saturated rings. The molecule has 2 rings (SSSR count). The van der Waals surface area contributed by atoms with Crippen molar-refractivity contribution in [3.63, 3.8) is 0 Å². The van der Waals surface area contributed by atoms with Crippen LogP contribution in [0.15, 0.2) is 0 Å². The summed E-state index contributed by atoms with van der Waals surface area (Å²) in [5, 5.41) is 15.7. The number of hydrogen-bond donors (Lipinski definition) is 1. The number of aromatic nitrogens is 2. The molecular weight excluding hydrogens is 272 g/mol. The van der Waals surface area contributed by atoms with Crippen molar-refractivity contribution in [3.05, 3.63) is 16.4 Å². The van der Waals surface area contributed by atoms with Crippen LogP contribution in [0.3, 0.4) is 0 Å². The molecule has 1 aliphatic rings. The predicted molar refractivity (Wildman–Crippen MR) is 83.0 cm³/mol. The van der Waals surface area contributed by atoms with Crippen LogP contribution in [0.4, 0.5) is 0 Å². The van der Waals surface area contributed by atoms with Crippen LogP contribution < -0.4 is 0 Å². The zero-order valence-electron chi connectivity index (χ0n) is 12.9. The van der Waals surface area contributed by atoms with Gasteiger partial charge >= 0.3 is 0 Å². The first-order chi connectivity index (χ1) is 9.56. The van der Waals surface area contributed by atoms with Gasteiger partial charge in [0.1, 0.15) is 0 Å². The van der Waals surface area contributed by atoms with Gasteiger partial charge in [0, 0.05) is 13.5 Å². The molecule has 0 bridgehead atoms. The zero-order valence-corrected chi connectivity index (χ0v) is 13.7. The summed E-state index contributed by atoms with van der Waals surface area (Å²) in [5.74, 6) is 1.29. The fourth-order valence-corrected chi connectivity index (χ4v) is 3.76. The van der Waals surface area contributed by atoms with E-state index in [9.17, 15) is 5.11 Å². The molecule has 0 amide bonds. The van der Waals surface area contributed by atoms with Crippen LogP contribution in [0.2, 0.25) is 5.02 Å². The Bertz CT molecular complexity index is 436. The molecule has 0 aliphatic heterocycles. The fourth-order valence-electron chi connectivity index (χ4n) is 3.39. The summed E-state index contributed by atoms with van der Waals surface area (Å²) < 4.78 is 1.84. The molecule has 1 heterocycles. The molecule has 20 heavy (non-hydrogen) atoms. The van der Waals surface area contributed by atoms with E-state index in [-0.39, 0.29) is 6.10 Å². The van der Waals surface area contributed by atoms with Gasteiger partial charge in [-0.15, -0.1) is 0 Å². The number of nitrogens with zero attached hydrogens (tertiary/aromatic N) is 2. The lowest BCUT2D eigenvalue weighted by atomic mass is 9.77. The maximum Gasteiger partial charge on any atom is 0.0850 e. The molecule has 0 aromatic carbocycles. The molecule has 4 heteroatoms. The van der Waals surface area contributed by atoms with Crippen LogP contribution in [0.25, 0.3) is 0 Å². The second kappa shape index (κ2) is 6.95. The highest BCUT2D eigenvalue weighted by molar-refractivity contribution is 6.31. The van der Waals surface area contributed by atoms with Crippen molar-refractivity contribution in [2.24, 2.45) is 18.9 Å². The third kappa shape index (κ3) is 3.37. The number of hydrogen-bond acceptors (Lipinski definition) is 2. The minimum absolute atomic E-state index is 0.287. The number of rotatable bonds is 5.